The lowest BCUT2D eigenvalue weighted by Gasteiger charge is -2.26. The summed E-state index contributed by atoms with van der Waals surface area (Å²) in [5.41, 5.74) is 0.494. The van der Waals surface area contributed by atoms with E-state index in [4.69, 9.17) is 10.2 Å². The van der Waals surface area contributed by atoms with Gasteiger partial charge in [-0.15, -0.1) is 0 Å². The molecule has 0 saturated heterocycles. The standard InChI is InChI=1S/C11H17N3O3/c1-7-4-9(8(2)14-13-7)10(17)12-11(3,5-15)6-16/h4,15-16H,5-6H2,1-3H3,(H,12,17). The van der Waals surface area contributed by atoms with Crippen molar-refractivity contribution < 1.29 is 15.0 Å². The third kappa shape index (κ3) is 3.21. The Morgan fingerprint density at radius 2 is 1.94 bits per heavy atom. The van der Waals surface area contributed by atoms with Crippen LogP contribution in [0, 0.1) is 13.8 Å². The lowest BCUT2D eigenvalue weighted by molar-refractivity contribution is 0.0722. The van der Waals surface area contributed by atoms with Gasteiger partial charge in [0, 0.05) is 0 Å². The molecule has 1 aromatic rings. The number of hydrogen-bond acceptors (Lipinski definition) is 5. The van der Waals surface area contributed by atoms with Crippen LogP contribution in [-0.2, 0) is 0 Å². The molecule has 0 atom stereocenters. The highest BCUT2D eigenvalue weighted by Gasteiger charge is 2.26. The molecule has 0 aliphatic rings. The zero-order valence-electron chi connectivity index (χ0n) is 10.2. The average molecular weight is 239 g/mol. The van der Waals surface area contributed by atoms with E-state index in [0.29, 0.717) is 17.0 Å². The molecule has 17 heavy (non-hydrogen) atoms. The molecule has 94 valence electrons. The van der Waals surface area contributed by atoms with Crippen LogP contribution >= 0.6 is 0 Å². The first-order chi connectivity index (χ1) is 7.91. The molecule has 6 nitrogen and oxygen atoms in total. The number of hydrogen-bond donors (Lipinski definition) is 3. The summed E-state index contributed by atoms with van der Waals surface area (Å²) in [6.45, 7) is 4.29. The second-order valence-corrected chi connectivity index (χ2v) is 4.32. The highest BCUT2D eigenvalue weighted by Crippen LogP contribution is 2.08. The van der Waals surface area contributed by atoms with Gasteiger partial charge < -0.3 is 15.5 Å². The van der Waals surface area contributed by atoms with E-state index in [1.807, 2.05) is 0 Å². The van der Waals surface area contributed by atoms with Crippen molar-refractivity contribution in [2.75, 3.05) is 13.2 Å². The molecule has 0 aliphatic heterocycles. The minimum Gasteiger partial charge on any atom is -0.394 e. The summed E-state index contributed by atoms with van der Waals surface area (Å²) < 4.78 is 0. The highest BCUT2D eigenvalue weighted by atomic mass is 16.3. The number of rotatable bonds is 4. The predicted molar refractivity (Wildman–Crippen MR) is 61.5 cm³/mol. The number of aromatic nitrogens is 2. The summed E-state index contributed by atoms with van der Waals surface area (Å²) in [5, 5.41) is 28.5. The molecule has 0 saturated carbocycles. The molecule has 6 heteroatoms. The Morgan fingerprint density at radius 3 is 2.47 bits per heavy atom. The van der Waals surface area contributed by atoms with Gasteiger partial charge in [0.25, 0.3) is 5.91 Å². The number of amides is 1. The van der Waals surface area contributed by atoms with E-state index >= 15 is 0 Å². The van der Waals surface area contributed by atoms with Crippen molar-refractivity contribution in [3.63, 3.8) is 0 Å². The number of nitrogens with zero attached hydrogens (tertiary/aromatic N) is 2. The normalized spacial score (nSPS) is 11.4. The first-order valence-electron chi connectivity index (χ1n) is 5.27. The van der Waals surface area contributed by atoms with Gasteiger partial charge in [-0.1, -0.05) is 0 Å². The SMILES string of the molecule is Cc1cc(C(=O)NC(C)(CO)CO)c(C)nn1. The van der Waals surface area contributed by atoms with Crippen LogP contribution in [-0.4, -0.2) is 45.1 Å². The number of aliphatic hydroxyl groups excluding tert-OH is 2. The smallest absolute Gasteiger partial charge is 0.253 e. The molecule has 0 spiro atoms. The molecule has 1 rings (SSSR count). The van der Waals surface area contributed by atoms with Gasteiger partial charge in [0.2, 0.25) is 0 Å². The van der Waals surface area contributed by atoms with Crippen molar-refractivity contribution in [2.24, 2.45) is 0 Å². The Balaban J connectivity index is 2.94. The summed E-state index contributed by atoms with van der Waals surface area (Å²) in [7, 11) is 0. The van der Waals surface area contributed by atoms with Crippen LogP contribution in [0.15, 0.2) is 6.07 Å². The minimum absolute atomic E-state index is 0.341. The Bertz CT molecular complexity index is 416. The van der Waals surface area contributed by atoms with Crippen molar-refractivity contribution in [1.29, 1.82) is 0 Å². The molecule has 0 aliphatic carbocycles. The van der Waals surface area contributed by atoms with Crippen molar-refractivity contribution in [3.8, 4) is 0 Å². The predicted octanol–water partition coefficient (Wildman–Crippen LogP) is -0.433. The van der Waals surface area contributed by atoms with Crippen LogP contribution in [0.4, 0.5) is 0 Å². The van der Waals surface area contributed by atoms with E-state index < -0.39 is 5.54 Å². The second-order valence-electron chi connectivity index (χ2n) is 4.32. The van der Waals surface area contributed by atoms with Gasteiger partial charge in [-0.3, -0.25) is 4.79 Å². The number of aryl methyl sites for hydroxylation is 2. The number of carbonyl (C=O) groups excluding carboxylic acids is 1. The Labute approximate surface area is 99.7 Å². The Hall–Kier alpha value is -1.53. The van der Waals surface area contributed by atoms with E-state index in [-0.39, 0.29) is 19.1 Å². The Kier molecular flexibility index (Phi) is 4.14. The lowest BCUT2D eigenvalue weighted by atomic mass is 10.0. The van der Waals surface area contributed by atoms with E-state index in [1.165, 1.54) is 0 Å². The summed E-state index contributed by atoms with van der Waals surface area (Å²) in [6, 6.07) is 1.62. The molecular formula is C11H17N3O3. The number of carbonyl (C=O) groups is 1. The summed E-state index contributed by atoms with van der Waals surface area (Å²) in [4.78, 5) is 12.0. The quantitative estimate of drug-likeness (QED) is 0.662. The van der Waals surface area contributed by atoms with Crippen LogP contribution in [0.2, 0.25) is 0 Å². The van der Waals surface area contributed by atoms with Crippen LogP contribution in [0.1, 0.15) is 28.7 Å². The summed E-state index contributed by atoms with van der Waals surface area (Å²) in [5.74, 6) is -0.383. The van der Waals surface area contributed by atoms with Gasteiger partial charge in [0.15, 0.2) is 0 Å². The van der Waals surface area contributed by atoms with Gasteiger partial charge in [0.05, 0.1) is 35.7 Å². The third-order valence-corrected chi connectivity index (χ3v) is 2.46. The van der Waals surface area contributed by atoms with Gasteiger partial charge in [-0.05, 0) is 26.8 Å². The van der Waals surface area contributed by atoms with Crippen LogP contribution in [0.25, 0.3) is 0 Å². The molecule has 1 aromatic heterocycles. The number of aliphatic hydroxyl groups is 2. The second kappa shape index (κ2) is 5.20. The molecule has 0 fully saturated rings. The minimum atomic E-state index is -1.04. The van der Waals surface area contributed by atoms with Gasteiger partial charge in [0.1, 0.15) is 0 Å². The fourth-order valence-corrected chi connectivity index (χ4v) is 1.25. The largest absolute Gasteiger partial charge is 0.394 e. The molecule has 0 bridgehead atoms. The van der Waals surface area contributed by atoms with E-state index in [0.717, 1.165) is 0 Å². The van der Waals surface area contributed by atoms with Crippen molar-refractivity contribution in [3.05, 3.63) is 23.0 Å². The first kappa shape index (κ1) is 13.5. The molecule has 1 amide bonds. The third-order valence-electron chi connectivity index (χ3n) is 2.46. The fourth-order valence-electron chi connectivity index (χ4n) is 1.25. The van der Waals surface area contributed by atoms with Crippen LogP contribution in [0.5, 0.6) is 0 Å². The maximum atomic E-state index is 12.0. The first-order valence-corrected chi connectivity index (χ1v) is 5.27. The zero-order valence-corrected chi connectivity index (χ0v) is 10.2. The van der Waals surface area contributed by atoms with Crippen LogP contribution < -0.4 is 5.32 Å². The average Bonchev–Trinajstić information content (AvgIpc) is 2.32. The zero-order chi connectivity index (χ0) is 13.1. The highest BCUT2D eigenvalue weighted by molar-refractivity contribution is 5.95. The van der Waals surface area contributed by atoms with Crippen LogP contribution in [0.3, 0.4) is 0 Å². The Morgan fingerprint density at radius 1 is 1.35 bits per heavy atom. The topological polar surface area (TPSA) is 95.3 Å². The van der Waals surface area contributed by atoms with Gasteiger partial charge >= 0.3 is 0 Å². The maximum Gasteiger partial charge on any atom is 0.253 e. The van der Waals surface area contributed by atoms with E-state index in [1.54, 1.807) is 26.8 Å². The molecule has 0 unspecified atom stereocenters. The monoisotopic (exact) mass is 239 g/mol. The summed E-state index contributed by atoms with van der Waals surface area (Å²) in [6.07, 6.45) is 0. The van der Waals surface area contributed by atoms with Crippen molar-refractivity contribution in [2.45, 2.75) is 26.3 Å². The van der Waals surface area contributed by atoms with Crippen molar-refractivity contribution in [1.82, 2.24) is 15.5 Å². The fraction of sp³-hybridized carbons (Fsp3) is 0.545. The molecule has 1 heterocycles. The van der Waals surface area contributed by atoms with Gasteiger partial charge in [-0.25, -0.2) is 0 Å². The molecule has 0 aromatic carbocycles. The molecular weight excluding hydrogens is 222 g/mol. The van der Waals surface area contributed by atoms with E-state index in [9.17, 15) is 4.79 Å². The molecule has 0 radical (unpaired) electrons. The van der Waals surface area contributed by atoms with Gasteiger partial charge in [-0.2, -0.15) is 10.2 Å². The van der Waals surface area contributed by atoms with E-state index in [2.05, 4.69) is 15.5 Å². The summed E-state index contributed by atoms with van der Waals surface area (Å²) >= 11 is 0. The van der Waals surface area contributed by atoms with Crippen molar-refractivity contribution >= 4 is 5.91 Å². The number of nitrogens with one attached hydrogen (secondary N) is 1. The molecule has 3 N–H and O–H groups in total. The maximum absolute atomic E-state index is 12.0. The lowest BCUT2D eigenvalue weighted by Crippen LogP contribution is -2.51.